The van der Waals surface area contributed by atoms with Crippen molar-refractivity contribution in [2.75, 3.05) is 19.6 Å². The molecule has 0 bridgehead atoms. The van der Waals surface area contributed by atoms with E-state index < -0.39 is 0 Å². The second kappa shape index (κ2) is 3.61. The van der Waals surface area contributed by atoms with Gasteiger partial charge in [0, 0.05) is 13.1 Å². The van der Waals surface area contributed by atoms with Gasteiger partial charge in [0.25, 0.3) is 0 Å². The molecule has 0 spiro atoms. The van der Waals surface area contributed by atoms with Crippen molar-refractivity contribution in [1.29, 1.82) is 0 Å². The van der Waals surface area contributed by atoms with E-state index in [0.717, 1.165) is 0 Å². The van der Waals surface area contributed by atoms with Crippen molar-refractivity contribution in [1.82, 2.24) is 4.90 Å². The third kappa shape index (κ3) is 4.12. The van der Waals surface area contributed by atoms with Gasteiger partial charge in [-0.1, -0.05) is 34.6 Å². The molecular weight excluding hydrogens is 158 g/mol. The van der Waals surface area contributed by atoms with Crippen LogP contribution in [0, 0.1) is 17.3 Å². The molecule has 0 aromatic carbocycles. The lowest BCUT2D eigenvalue weighted by molar-refractivity contribution is 0.119. The average molecular weight is 182 g/mol. The standard InChI is InChI=1S/C12H24N/c1-11(2,3)9-13-8-6-7-12(4,5)10-13/h7H,6,8-10H2,1-5H3. The third-order valence-corrected chi connectivity index (χ3v) is 2.47. The van der Waals surface area contributed by atoms with Crippen LogP contribution in [0.1, 0.15) is 41.0 Å². The minimum atomic E-state index is 0.420. The van der Waals surface area contributed by atoms with E-state index in [1.165, 1.54) is 26.1 Å². The van der Waals surface area contributed by atoms with Crippen molar-refractivity contribution in [3.8, 4) is 0 Å². The van der Waals surface area contributed by atoms with Crippen LogP contribution in [0.25, 0.3) is 0 Å². The zero-order chi connectivity index (χ0) is 10.1. The highest BCUT2D eigenvalue weighted by molar-refractivity contribution is 4.93. The minimum absolute atomic E-state index is 0.420. The highest BCUT2D eigenvalue weighted by Crippen LogP contribution is 2.29. The van der Waals surface area contributed by atoms with Crippen LogP contribution in [-0.2, 0) is 0 Å². The molecule has 0 N–H and O–H groups in total. The van der Waals surface area contributed by atoms with E-state index in [0.29, 0.717) is 10.8 Å². The monoisotopic (exact) mass is 182 g/mol. The number of hydrogen-bond donors (Lipinski definition) is 0. The Bertz CT molecular complexity index is 162. The molecule has 13 heavy (non-hydrogen) atoms. The lowest BCUT2D eigenvalue weighted by Gasteiger charge is -2.40. The molecule has 0 atom stereocenters. The molecule has 1 heterocycles. The highest BCUT2D eigenvalue weighted by atomic mass is 15.1. The maximum Gasteiger partial charge on any atom is 0.00357 e. The van der Waals surface area contributed by atoms with Crippen LogP contribution in [0.3, 0.4) is 0 Å². The summed E-state index contributed by atoms with van der Waals surface area (Å²) in [7, 11) is 0. The summed E-state index contributed by atoms with van der Waals surface area (Å²) in [6.45, 7) is 15.3. The summed E-state index contributed by atoms with van der Waals surface area (Å²) in [4.78, 5) is 2.60. The minimum Gasteiger partial charge on any atom is -0.302 e. The van der Waals surface area contributed by atoms with Gasteiger partial charge in [-0.15, -0.1) is 0 Å². The number of piperidine rings is 1. The lowest BCUT2D eigenvalue weighted by Crippen LogP contribution is -2.44. The molecule has 0 unspecified atom stereocenters. The number of hydrogen-bond acceptors (Lipinski definition) is 1. The largest absolute Gasteiger partial charge is 0.302 e. The first-order chi connectivity index (χ1) is 5.79. The van der Waals surface area contributed by atoms with Crippen LogP contribution in [0.4, 0.5) is 0 Å². The first-order valence-electron chi connectivity index (χ1n) is 5.35. The van der Waals surface area contributed by atoms with Crippen LogP contribution in [0.15, 0.2) is 0 Å². The SMILES string of the molecule is CC(C)(C)CN1CC[CH]C(C)(C)C1. The Kier molecular flexibility index (Phi) is 3.06. The maximum absolute atomic E-state index is 2.60. The van der Waals surface area contributed by atoms with Crippen molar-refractivity contribution < 1.29 is 0 Å². The first kappa shape index (κ1) is 11.0. The maximum atomic E-state index is 2.60. The summed E-state index contributed by atoms with van der Waals surface area (Å²) in [5.41, 5.74) is 0.858. The van der Waals surface area contributed by atoms with Gasteiger partial charge in [0.1, 0.15) is 0 Å². The van der Waals surface area contributed by atoms with Gasteiger partial charge >= 0.3 is 0 Å². The first-order valence-corrected chi connectivity index (χ1v) is 5.35. The third-order valence-electron chi connectivity index (χ3n) is 2.47. The van der Waals surface area contributed by atoms with Crippen molar-refractivity contribution in [3.05, 3.63) is 6.42 Å². The van der Waals surface area contributed by atoms with E-state index in [1.54, 1.807) is 0 Å². The fourth-order valence-electron chi connectivity index (χ4n) is 2.16. The highest BCUT2D eigenvalue weighted by Gasteiger charge is 2.28. The quantitative estimate of drug-likeness (QED) is 0.602. The Hall–Kier alpha value is -0.0400. The Balaban J connectivity index is 2.44. The summed E-state index contributed by atoms with van der Waals surface area (Å²) in [5, 5.41) is 0. The van der Waals surface area contributed by atoms with E-state index in [1.807, 2.05) is 0 Å². The second-order valence-corrected chi connectivity index (χ2v) is 6.25. The fraction of sp³-hybridized carbons (Fsp3) is 0.917. The predicted molar refractivity (Wildman–Crippen MR) is 58.6 cm³/mol. The van der Waals surface area contributed by atoms with Gasteiger partial charge in [-0.25, -0.2) is 0 Å². The normalized spacial score (nSPS) is 24.7. The molecule has 0 aliphatic carbocycles. The van der Waals surface area contributed by atoms with Gasteiger partial charge < -0.3 is 4.90 Å². The van der Waals surface area contributed by atoms with E-state index >= 15 is 0 Å². The molecule has 1 fully saturated rings. The fourth-order valence-corrected chi connectivity index (χ4v) is 2.16. The molecule has 0 aromatic rings. The zero-order valence-electron chi connectivity index (χ0n) is 9.85. The Labute approximate surface area is 83.5 Å². The molecule has 1 nitrogen and oxygen atoms in total. The van der Waals surface area contributed by atoms with Crippen LogP contribution in [-0.4, -0.2) is 24.5 Å². The number of likely N-dealkylation sites (tertiary alicyclic amines) is 1. The van der Waals surface area contributed by atoms with Crippen molar-refractivity contribution in [2.24, 2.45) is 10.8 Å². The molecule has 77 valence electrons. The van der Waals surface area contributed by atoms with Crippen LogP contribution in [0.2, 0.25) is 0 Å². The van der Waals surface area contributed by atoms with Gasteiger partial charge in [0.15, 0.2) is 0 Å². The molecule has 1 heteroatoms. The van der Waals surface area contributed by atoms with Gasteiger partial charge in [0.05, 0.1) is 0 Å². The van der Waals surface area contributed by atoms with Crippen LogP contribution in [0.5, 0.6) is 0 Å². The topological polar surface area (TPSA) is 3.24 Å². The molecule has 0 saturated carbocycles. The van der Waals surface area contributed by atoms with E-state index in [2.05, 4.69) is 45.9 Å². The smallest absolute Gasteiger partial charge is 0.00357 e. The molecule has 1 rings (SSSR count). The summed E-state index contributed by atoms with van der Waals surface area (Å²) in [6.07, 6.45) is 3.72. The molecule has 1 aliphatic rings. The Morgan fingerprint density at radius 2 is 1.92 bits per heavy atom. The molecule has 1 saturated heterocycles. The molecule has 0 aromatic heterocycles. The van der Waals surface area contributed by atoms with Gasteiger partial charge in [0.2, 0.25) is 0 Å². The molecule has 1 radical (unpaired) electrons. The summed E-state index contributed by atoms with van der Waals surface area (Å²) in [6, 6.07) is 0. The van der Waals surface area contributed by atoms with Crippen LogP contribution < -0.4 is 0 Å². The summed E-state index contributed by atoms with van der Waals surface area (Å²) >= 11 is 0. The second-order valence-electron chi connectivity index (χ2n) is 6.25. The summed E-state index contributed by atoms with van der Waals surface area (Å²) < 4.78 is 0. The van der Waals surface area contributed by atoms with Crippen LogP contribution >= 0.6 is 0 Å². The van der Waals surface area contributed by atoms with Gasteiger partial charge in [-0.2, -0.15) is 0 Å². The van der Waals surface area contributed by atoms with Crippen molar-refractivity contribution >= 4 is 0 Å². The van der Waals surface area contributed by atoms with E-state index in [4.69, 9.17) is 0 Å². The Morgan fingerprint density at radius 3 is 2.38 bits per heavy atom. The summed E-state index contributed by atoms with van der Waals surface area (Å²) in [5.74, 6) is 0. The van der Waals surface area contributed by atoms with Crippen molar-refractivity contribution in [3.63, 3.8) is 0 Å². The van der Waals surface area contributed by atoms with Gasteiger partial charge in [-0.3, -0.25) is 0 Å². The molecular formula is C12H24N. The number of nitrogens with zero attached hydrogens (tertiary/aromatic N) is 1. The predicted octanol–water partition coefficient (Wildman–Crippen LogP) is 2.97. The van der Waals surface area contributed by atoms with E-state index in [9.17, 15) is 0 Å². The lowest BCUT2D eigenvalue weighted by atomic mass is 9.83. The number of rotatable bonds is 1. The Morgan fingerprint density at radius 1 is 1.31 bits per heavy atom. The van der Waals surface area contributed by atoms with Crippen molar-refractivity contribution in [2.45, 2.75) is 41.0 Å². The van der Waals surface area contributed by atoms with Gasteiger partial charge in [-0.05, 0) is 30.2 Å². The van der Waals surface area contributed by atoms with E-state index in [-0.39, 0.29) is 0 Å². The molecule has 1 aliphatic heterocycles. The molecule has 0 amide bonds. The zero-order valence-corrected chi connectivity index (χ0v) is 9.85. The average Bonchev–Trinajstić information content (AvgIpc) is 1.79.